The Balaban J connectivity index is 1.74. The van der Waals surface area contributed by atoms with Crippen molar-refractivity contribution in [2.45, 2.75) is 77.0 Å². The van der Waals surface area contributed by atoms with E-state index in [9.17, 15) is 9.59 Å². The number of anilines is 2. The van der Waals surface area contributed by atoms with E-state index < -0.39 is 11.9 Å². The number of hydrogen-bond acceptors (Lipinski definition) is 6. The van der Waals surface area contributed by atoms with Gasteiger partial charge in [-0.05, 0) is 70.1 Å². The van der Waals surface area contributed by atoms with Crippen molar-refractivity contribution in [1.29, 1.82) is 0 Å². The van der Waals surface area contributed by atoms with E-state index in [0.717, 1.165) is 48.2 Å². The van der Waals surface area contributed by atoms with Gasteiger partial charge in [-0.25, -0.2) is 0 Å². The van der Waals surface area contributed by atoms with E-state index in [1.165, 1.54) is 0 Å². The van der Waals surface area contributed by atoms with Crippen molar-refractivity contribution in [3.05, 3.63) is 29.7 Å². The zero-order valence-corrected chi connectivity index (χ0v) is 19.0. The van der Waals surface area contributed by atoms with Crippen LogP contribution in [0, 0.1) is 13.8 Å². The Labute approximate surface area is 188 Å². The summed E-state index contributed by atoms with van der Waals surface area (Å²) < 4.78 is 10.9. The molecule has 1 aromatic heterocycles. The lowest BCUT2D eigenvalue weighted by Gasteiger charge is -2.36. The van der Waals surface area contributed by atoms with Gasteiger partial charge in [-0.15, -0.1) is 0 Å². The van der Waals surface area contributed by atoms with Gasteiger partial charge < -0.3 is 20.3 Å². The number of amides is 2. The van der Waals surface area contributed by atoms with Crippen LogP contribution in [-0.2, 0) is 14.3 Å². The number of benzene rings is 1. The molecule has 8 nitrogen and oxygen atoms in total. The Hall–Kier alpha value is -2.87. The van der Waals surface area contributed by atoms with Gasteiger partial charge in [-0.3, -0.25) is 14.5 Å². The Morgan fingerprint density at radius 2 is 1.97 bits per heavy atom. The lowest BCUT2D eigenvalue weighted by molar-refractivity contribution is -0.126. The minimum absolute atomic E-state index is 0.0814. The standard InChI is InChI=1S/C24H32N4O4/c1-14-23(15(2)32-27-14)16-7-12-19(26-17-8-10-18(31-3)11-9-17)21(13-16)28-20(24(25)30)5-4-6-22(28)29/h7,12-13,17-18,20,26H,4-6,8-11H2,1-3H3,(H2,25,30). The van der Waals surface area contributed by atoms with Gasteiger partial charge in [0.25, 0.3) is 0 Å². The molecule has 1 atom stereocenters. The highest BCUT2D eigenvalue weighted by atomic mass is 16.5. The Kier molecular flexibility index (Phi) is 6.50. The van der Waals surface area contributed by atoms with Crippen LogP contribution in [0.3, 0.4) is 0 Å². The number of ether oxygens (including phenoxy) is 1. The van der Waals surface area contributed by atoms with Crippen LogP contribution in [0.5, 0.6) is 0 Å². The van der Waals surface area contributed by atoms with Crippen LogP contribution in [0.25, 0.3) is 11.1 Å². The average molecular weight is 441 g/mol. The van der Waals surface area contributed by atoms with E-state index in [0.29, 0.717) is 36.8 Å². The Morgan fingerprint density at radius 1 is 1.22 bits per heavy atom. The predicted octanol–water partition coefficient (Wildman–Crippen LogP) is 3.70. The van der Waals surface area contributed by atoms with E-state index in [-0.39, 0.29) is 11.9 Å². The summed E-state index contributed by atoms with van der Waals surface area (Å²) in [5, 5.41) is 7.70. The summed E-state index contributed by atoms with van der Waals surface area (Å²) in [6, 6.07) is 5.57. The molecule has 2 amide bonds. The number of carbonyl (C=O) groups is 2. The second-order valence-electron chi connectivity index (χ2n) is 8.86. The molecule has 1 aliphatic carbocycles. The first-order valence-corrected chi connectivity index (χ1v) is 11.4. The van der Waals surface area contributed by atoms with Gasteiger partial charge in [0, 0.05) is 25.1 Å². The van der Waals surface area contributed by atoms with Crippen LogP contribution in [0.1, 0.15) is 56.4 Å². The van der Waals surface area contributed by atoms with Crippen LogP contribution >= 0.6 is 0 Å². The van der Waals surface area contributed by atoms with Crippen LogP contribution in [-0.4, -0.2) is 42.3 Å². The fourth-order valence-electron chi connectivity index (χ4n) is 5.01. The van der Waals surface area contributed by atoms with Crippen molar-refractivity contribution in [3.63, 3.8) is 0 Å². The highest BCUT2D eigenvalue weighted by Gasteiger charge is 2.35. The first-order chi connectivity index (χ1) is 15.4. The monoisotopic (exact) mass is 440 g/mol. The summed E-state index contributed by atoms with van der Waals surface area (Å²) in [4.78, 5) is 26.8. The molecule has 1 aromatic carbocycles. The van der Waals surface area contributed by atoms with Gasteiger partial charge in [0.1, 0.15) is 11.8 Å². The molecule has 2 heterocycles. The highest BCUT2D eigenvalue weighted by molar-refractivity contribution is 6.04. The molecule has 2 fully saturated rings. The number of rotatable bonds is 6. The van der Waals surface area contributed by atoms with Crippen molar-refractivity contribution in [2.24, 2.45) is 5.73 Å². The van der Waals surface area contributed by atoms with Gasteiger partial charge in [-0.2, -0.15) is 0 Å². The maximum Gasteiger partial charge on any atom is 0.240 e. The van der Waals surface area contributed by atoms with Gasteiger partial charge in [0.05, 0.1) is 23.2 Å². The normalized spacial score (nSPS) is 23.9. The van der Waals surface area contributed by atoms with Crippen molar-refractivity contribution >= 4 is 23.2 Å². The van der Waals surface area contributed by atoms with Crippen molar-refractivity contribution in [3.8, 4) is 11.1 Å². The number of carbonyl (C=O) groups excluding carboxylic acids is 2. The third-order valence-electron chi connectivity index (χ3n) is 6.72. The molecule has 1 saturated heterocycles. The number of aryl methyl sites for hydroxylation is 2. The molecule has 8 heteroatoms. The van der Waals surface area contributed by atoms with Crippen molar-refractivity contribution in [1.82, 2.24) is 5.16 Å². The summed E-state index contributed by atoms with van der Waals surface area (Å²) in [6.45, 7) is 3.76. The van der Waals surface area contributed by atoms with E-state index in [1.807, 2.05) is 32.0 Å². The molecular weight excluding hydrogens is 408 g/mol. The molecule has 2 aromatic rings. The zero-order chi connectivity index (χ0) is 22.8. The molecule has 1 aliphatic heterocycles. The number of aromatic nitrogens is 1. The van der Waals surface area contributed by atoms with Crippen LogP contribution in [0.15, 0.2) is 22.7 Å². The van der Waals surface area contributed by atoms with E-state index in [1.54, 1.807) is 12.0 Å². The van der Waals surface area contributed by atoms with E-state index >= 15 is 0 Å². The zero-order valence-electron chi connectivity index (χ0n) is 19.0. The highest BCUT2D eigenvalue weighted by Crippen LogP contribution is 2.38. The number of nitrogens with one attached hydrogen (secondary N) is 1. The summed E-state index contributed by atoms with van der Waals surface area (Å²) in [5.41, 5.74) is 9.81. The smallest absolute Gasteiger partial charge is 0.240 e. The maximum atomic E-state index is 13.0. The first kappa shape index (κ1) is 22.3. The summed E-state index contributed by atoms with van der Waals surface area (Å²) in [7, 11) is 1.76. The van der Waals surface area contributed by atoms with Crippen LogP contribution in [0.2, 0.25) is 0 Å². The Morgan fingerprint density at radius 3 is 2.59 bits per heavy atom. The topological polar surface area (TPSA) is 111 Å². The number of primary amides is 1. The molecule has 32 heavy (non-hydrogen) atoms. The van der Waals surface area contributed by atoms with Crippen molar-refractivity contribution < 1.29 is 18.8 Å². The number of hydrogen-bond donors (Lipinski definition) is 2. The summed E-state index contributed by atoms with van der Waals surface area (Å²) in [6.07, 6.45) is 5.88. The molecular formula is C24H32N4O4. The van der Waals surface area contributed by atoms with E-state index in [2.05, 4.69) is 10.5 Å². The number of nitrogens with two attached hydrogens (primary N) is 1. The molecule has 4 rings (SSSR count). The van der Waals surface area contributed by atoms with Gasteiger partial charge >= 0.3 is 0 Å². The molecule has 0 bridgehead atoms. The molecule has 1 unspecified atom stereocenters. The molecule has 0 spiro atoms. The predicted molar refractivity (Wildman–Crippen MR) is 122 cm³/mol. The number of nitrogens with zero attached hydrogens (tertiary/aromatic N) is 2. The van der Waals surface area contributed by atoms with Gasteiger partial charge in [-0.1, -0.05) is 11.2 Å². The SMILES string of the molecule is COC1CCC(Nc2ccc(-c3c(C)noc3C)cc2N2C(=O)CCCC2C(N)=O)CC1. The third kappa shape index (κ3) is 4.37. The number of piperidine rings is 1. The summed E-state index contributed by atoms with van der Waals surface area (Å²) in [5.74, 6) is 0.151. The third-order valence-corrected chi connectivity index (χ3v) is 6.72. The minimum Gasteiger partial charge on any atom is -0.381 e. The molecule has 172 valence electrons. The second-order valence-corrected chi connectivity index (χ2v) is 8.86. The van der Waals surface area contributed by atoms with Gasteiger partial charge in [0.2, 0.25) is 11.8 Å². The second kappa shape index (κ2) is 9.32. The quantitative estimate of drug-likeness (QED) is 0.709. The van der Waals surface area contributed by atoms with Crippen LogP contribution in [0.4, 0.5) is 11.4 Å². The Bertz CT molecular complexity index is 974. The summed E-state index contributed by atoms with van der Waals surface area (Å²) >= 11 is 0. The molecule has 2 aliphatic rings. The fraction of sp³-hybridized carbons (Fsp3) is 0.542. The number of methoxy groups -OCH3 is 1. The maximum absolute atomic E-state index is 13.0. The lowest BCUT2D eigenvalue weighted by Crippen LogP contribution is -2.51. The molecule has 3 N–H and O–H groups in total. The van der Waals surface area contributed by atoms with Crippen LogP contribution < -0.4 is 16.0 Å². The molecule has 1 saturated carbocycles. The minimum atomic E-state index is -0.652. The van der Waals surface area contributed by atoms with Crippen molar-refractivity contribution in [2.75, 3.05) is 17.3 Å². The molecule has 0 radical (unpaired) electrons. The fourth-order valence-corrected chi connectivity index (χ4v) is 5.01. The van der Waals surface area contributed by atoms with E-state index in [4.69, 9.17) is 15.0 Å². The first-order valence-electron chi connectivity index (χ1n) is 11.4. The average Bonchev–Trinajstić information content (AvgIpc) is 3.12. The lowest BCUT2D eigenvalue weighted by atomic mass is 9.92. The largest absolute Gasteiger partial charge is 0.381 e. The van der Waals surface area contributed by atoms with Gasteiger partial charge in [0.15, 0.2) is 0 Å².